The van der Waals surface area contributed by atoms with Crippen LogP contribution in [0.2, 0.25) is 0 Å². The average Bonchev–Trinajstić information content (AvgIpc) is 2.87. The molecule has 0 aliphatic rings. The van der Waals surface area contributed by atoms with Gasteiger partial charge in [0.05, 0.1) is 18.1 Å². The van der Waals surface area contributed by atoms with E-state index in [1.807, 2.05) is 12.1 Å². The molecule has 0 saturated carbocycles. The maximum atomic E-state index is 13.9. The van der Waals surface area contributed by atoms with E-state index in [-0.39, 0.29) is 5.82 Å². The Morgan fingerprint density at radius 2 is 2.14 bits per heavy atom. The molecular weight excluding hydrogens is 289 g/mol. The third kappa shape index (κ3) is 2.95. The number of ether oxygens (including phenoxy) is 1. The number of hydrogen-bond donors (Lipinski definition) is 2. The molecule has 6 heteroatoms. The van der Waals surface area contributed by atoms with E-state index in [9.17, 15) is 4.39 Å². The zero-order valence-electron chi connectivity index (χ0n) is 11.4. The fourth-order valence-corrected chi connectivity index (χ4v) is 2.86. The number of thioether (sulfide) groups is 1. The summed E-state index contributed by atoms with van der Waals surface area (Å²) in [5.74, 6) is 0.730. The summed E-state index contributed by atoms with van der Waals surface area (Å²) >= 11 is 1.44. The van der Waals surface area contributed by atoms with Gasteiger partial charge in [0.1, 0.15) is 11.6 Å². The number of nitrogen functional groups attached to an aromatic ring is 1. The smallest absolute Gasteiger partial charge is 0.166 e. The van der Waals surface area contributed by atoms with Crippen molar-refractivity contribution in [2.75, 3.05) is 12.8 Å². The second-order valence-electron chi connectivity index (χ2n) is 4.56. The van der Waals surface area contributed by atoms with Crippen LogP contribution < -0.4 is 10.5 Å². The van der Waals surface area contributed by atoms with E-state index < -0.39 is 0 Å². The summed E-state index contributed by atoms with van der Waals surface area (Å²) in [6.45, 7) is 0. The summed E-state index contributed by atoms with van der Waals surface area (Å²) in [5, 5.41) is 0.741. The minimum atomic E-state index is -0.276. The Morgan fingerprint density at radius 1 is 1.29 bits per heavy atom. The van der Waals surface area contributed by atoms with E-state index in [4.69, 9.17) is 10.5 Å². The Kier molecular flexibility index (Phi) is 3.70. The molecule has 0 aliphatic heterocycles. The van der Waals surface area contributed by atoms with Gasteiger partial charge in [0.2, 0.25) is 0 Å². The Morgan fingerprint density at radius 3 is 2.90 bits per heavy atom. The van der Waals surface area contributed by atoms with Crippen molar-refractivity contribution >= 4 is 28.5 Å². The lowest BCUT2D eigenvalue weighted by Gasteiger charge is -2.04. The van der Waals surface area contributed by atoms with E-state index in [1.165, 1.54) is 24.9 Å². The van der Waals surface area contributed by atoms with Gasteiger partial charge in [0.25, 0.3) is 0 Å². The summed E-state index contributed by atoms with van der Waals surface area (Å²) in [4.78, 5) is 7.61. The summed E-state index contributed by atoms with van der Waals surface area (Å²) in [7, 11) is 1.52. The summed E-state index contributed by atoms with van der Waals surface area (Å²) < 4.78 is 18.8. The molecule has 0 saturated heterocycles. The fraction of sp³-hybridized carbons (Fsp3) is 0.133. The molecule has 4 nitrogen and oxygen atoms in total. The lowest BCUT2D eigenvalue weighted by Crippen LogP contribution is -1.90. The number of anilines is 1. The van der Waals surface area contributed by atoms with Crippen molar-refractivity contribution in [3.63, 3.8) is 0 Å². The number of imidazole rings is 1. The van der Waals surface area contributed by atoms with Crippen molar-refractivity contribution in [2.24, 2.45) is 0 Å². The number of halogens is 1. The van der Waals surface area contributed by atoms with E-state index in [1.54, 1.807) is 18.2 Å². The molecule has 21 heavy (non-hydrogen) atoms. The highest BCUT2D eigenvalue weighted by Crippen LogP contribution is 2.26. The topological polar surface area (TPSA) is 63.9 Å². The van der Waals surface area contributed by atoms with E-state index >= 15 is 0 Å². The molecule has 2 aromatic carbocycles. The predicted octanol–water partition coefficient (Wildman–Crippen LogP) is 3.59. The number of benzene rings is 2. The number of nitrogens with one attached hydrogen (secondary N) is 1. The van der Waals surface area contributed by atoms with E-state index in [0.29, 0.717) is 22.8 Å². The standard InChI is InChI=1S/C15H14FN3OS/c1-20-11-4-2-9(12(16)7-11)8-21-15-18-13-5-3-10(17)6-14(13)19-15/h2-7H,8,17H2,1H3,(H,18,19). The molecule has 0 radical (unpaired) electrons. The van der Waals surface area contributed by atoms with Gasteiger partial charge in [-0.05, 0) is 29.8 Å². The molecule has 0 bridgehead atoms. The van der Waals surface area contributed by atoms with Crippen LogP contribution in [0.3, 0.4) is 0 Å². The fourth-order valence-electron chi connectivity index (χ4n) is 1.99. The second kappa shape index (κ2) is 5.65. The summed E-state index contributed by atoms with van der Waals surface area (Å²) in [6.07, 6.45) is 0. The molecule has 0 spiro atoms. The van der Waals surface area contributed by atoms with Gasteiger partial charge in [0.15, 0.2) is 5.16 Å². The lowest BCUT2D eigenvalue weighted by molar-refractivity contribution is 0.411. The normalized spacial score (nSPS) is 11.0. The van der Waals surface area contributed by atoms with Gasteiger partial charge < -0.3 is 15.5 Å². The zero-order chi connectivity index (χ0) is 14.8. The number of methoxy groups -OCH3 is 1. The molecular formula is C15H14FN3OS. The highest BCUT2D eigenvalue weighted by molar-refractivity contribution is 7.98. The lowest BCUT2D eigenvalue weighted by atomic mass is 10.2. The summed E-state index contributed by atoms with van der Waals surface area (Å²) in [5.41, 5.74) is 8.76. The quantitative estimate of drug-likeness (QED) is 0.571. The number of aromatic nitrogens is 2. The molecule has 3 N–H and O–H groups in total. The molecule has 0 fully saturated rings. The van der Waals surface area contributed by atoms with Gasteiger partial charge in [-0.1, -0.05) is 17.8 Å². The SMILES string of the molecule is COc1ccc(CSc2nc3ccc(N)cc3[nH]2)c(F)c1. The Labute approximate surface area is 125 Å². The number of aromatic amines is 1. The maximum absolute atomic E-state index is 13.9. The first-order valence-corrected chi connectivity index (χ1v) is 7.35. The van der Waals surface area contributed by atoms with Crippen molar-refractivity contribution in [1.29, 1.82) is 0 Å². The number of rotatable bonds is 4. The van der Waals surface area contributed by atoms with E-state index in [2.05, 4.69) is 9.97 Å². The monoisotopic (exact) mass is 303 g/mol. The van der Waals surface area contributed by atoms with Crippen LogP contribution in [0.1, 0.15) is 5.56 Å². The Bertz CT molecular complexity index is 788. The maximum Gasteiger partial charge on any atom is 0.166 e. The number of fused-ring (bicyclic) bond motifs is 1. The van der Waals surface area contributed by atoms with Crippen molar-refractivity contribution in [2.45, 2.75) is 10.9 Å². The van der Waals surface area contributed by atoms with Crippen LogP contribution in [0.4, 0.5) is 10.1 Å². The van der Waals surface area contributed by atoms with Gasteiger partial charge in [-0.25, -0.2) is 9.37 Å². The third-order valence-corrected chi connectivity index (χ3v) is 4.03. The molecule has 108 valence electrons. The van der Waals surface area contributed by atoms with Crippen LogP contribution in [0.5, 0.6) is 5.75 Å². The minimum absolute atomic E-state index is 0.276. The van der Waals surface area contributed by atoms with Gasteiger partial charge in [0, 0.05) is 17.5 Å². The highest BCUT2D eigenvalue weighted by atomic mass is 32.2. The Balaban J connectivity index is 1.77. The number of nitrogens with zero attached hydrogens (tertiary/aromatic N) is 1. The molecule has 0 atom stereocenters. The molecule has 0 amide bonds. The molecule has 1 aromatic heterocycles. The first kappa shape index (κ1) is 13.8. The zero-order valence-corrected chi connectivity index (χ0v) is 12.2. The minimum Gasteiger partial charge on any atom is -0.497 e. The average molecular weight is 303 g/mol. The molecule has 0 unspecified atom stereocenters. The van der Waals surface area contributed by atoms with Gasteiger partial charge in [-0.15, -0.1) is 0 Å². The highest BCUT2D eigenvalue weighted by Gasteiger charge is 2.08. The van der Waals surface area contributed by atoms with Gasteiger partial charge >= 0.3 is 0 Å². The molecule has 0 aliphatic carbocycles. The largest absolute Gasteiger partial charge is 0.497 e. The van der Waals surface area contributed by atoms with Crippen LogP contribution in [-0.2, 0) is 5.75 Å². The first-order valence-electron chi connectivity index (χ1n) is 6.36. The van der Waals surface area contributed by atoms with Crippen LogP contribution >= 0.6 is 11.8 Å². The second-order valence-corrected chi connectivity index (χ2v) is 5.53. The van der Waals surface area contributed by atoms with Crippen molar-refractivity contribution < 1.29 is 9.13 Å². The number of H-pyrrole nitrogens is 1. The predicted molar refractivity (Wildman–Crippen MR) is 83.0 cm³/mol. The van der Waals surface area contributed by atoms with Crippen LogP contribution in [0.15, 0.2) is 41.6 Å². The molecule has 3 aromatic rings. The van der Waals surface area contributed by atoms with Gasteiger partial charge in [-0.2, -0.15) is 0 Å². The van der Waals surface area contributed by atoms with Crippen LogP contribution in [-0.4, -0.2) is 17.1 Å². The molecule has 1 heterocycles. The number of nitrogens with two attached hydrogens (primary N) is 1. The van der Waals surface area contributed by atoms with Crippen molar-refractivity contribution in [3.05, 3.63) is 47.8 Å². The summed E-state index contributed by atoms with van der Waals surface area (Å²) in [6, 6.07) is 10.4. The first-order chi connectivity index (χ1) is 10.2. The van der Waals surface area contributed by atoms with Crippen LogP contribution in [0, 0.1) is 5.82 Å². The third-order valence-electron chi connectivity index (χ3n) is 3.11. The van der Waals surface area contributed by atoms with E-state index in [0.717, 1.165) is 16.2 Å². The van der Waals surface area contributed by atoms with Crippen molar-refractivity contribution in [3.8, 4) is 5.75 Å². The van der Waals surface area contributed by atoms with Gasteiger partial charge in [-0.3, -0.25) is 0 Å². The van der Waals surface area contributed by atoms with Crippen LogP contribution in [0.25, 0.3) is 11.0 Å². The molecule has 3 rings (SSSR count). The number of hydrogen-bond acceptors (Lipinski definition) is 4. The Hall–Kier alpha value is -2.21. The van der Waals surface area contributed by atoms with Crippen molar-refractivity contribution in [1.82, 2.24) is 9.97 Å².